The van der Waals surface area contributed by atoms with Gasteiger partial charge in [0.05, 0.1) is 24.0 Å². The van der Waals surface area contributed by atoms with E-state index in [1.165, 1.54) is 12.4 Å². The maximum absolute atomic E-state index is 9.06. The van der Waals surface area contributed by atoms with Crippen molar-refractivity contribution in [2.45, 2.75) is 0 Å². The number of nitriles is 1. The normalized spacial score (nSPS) is 10.2. The summed E-state index contributed by atoms with van der Waals surface area (Å²) < 4.78 is 9.92. The number of nitrogens with zero attached hydrogens (tertiary/aromatic N) is 5. The van der Waals surface area contributed by atoms with Crippen LogP contribution in [0.2, 0.25) is 0 Å². The molecule has 0 spiro atoms. The van der Waals surface area contributed by atoms with Crippen LogP contribution in [0.1, 0.15) is 5.56 Å². The molecule has 2 heterocycles. The van der Waals surface area contributed by atoms with E-state index in [0.29, 0.717) is 22.6 Å². The number of benzene rings is 1. The lowest BCUT2D eigenvalue weighted by molar-refractivity contribution is 0.402. The SMILES string of the molecule is N#Cc1ccc(-c2cnno2)cc1-c1cnno1. The second-order valence-electron chi connectivity index (χ2n) is 3.44. The smallest absolute Gasteiger partial charge is 0.188 e. The summed E-state index contributed by atoms with van der Waals surface area (Å²) in [6.07, 6.45) is 2.93. The molecule has 0 bridgehead atoms. The lowest BCUT2D eigenvalue weighted by Gasteiger charge is -2.01. The van der Waals surface area contributed by atoms with Crippen LogP contribution in [0.25, 0.3) is 22.6 Å². The van der Waals surface area contributed by atoms with Crippen LogP contribution in [-0.2, 0) is 0 Å². The Kier molecular flexibility index (Phi) is 2.32. The fourth-order valence-electron chi connectivity index (χ4n) is 1.58. The van der Waals surface area contributed by atoms with Crippen molar-refractivity contribution in [2.24, 2.45) is 0 Å². The van der Waals surface area contributed by atoms with Crippen LogP contribution in [0.4, 0.5) is 0 Å². The van der Waals surface area contributed by atoms with E-state index >= 15 is 0 Å². The van der Waals surface area contributed by atoms with Crippen LogP contribution in [0, 0.1) is 11.3 Å². The van der Waals surface area contributed by atoms with Gasteiger partial charge in [-0.1, -0.05) is 0 Å². The molecule has 0 atom stereocenters. The average Bonchev–Trinajstić information content (AvgIpc) is 3.11. The second kappa shape index (κ2) is 4.10. The summed E-state index contributed by atoms with van der Waals surface area (Å²) >= 11 is 0. The fraction of sp³-hybridized carbons (Fsp3) is 0. The number of hydrogen-bond acceptors (Lipinski definition) is 7. The zero-order valence-electron chi connectivity index (χ0n) is 8.94. The molecule has 0 fully saturated rings. The van der Waals surface area contributed by atoms with Crippen LogP contribution >= 0.6 is 0 Å². The van der Waals surface area contributed by atoms with Gasteiger partial charge in [0, 0.05) is 21.7 Å². The van der Waals surface area contributed by atoms with Gasteiger partial charge in [-0.2, -0.15) is 5.26 Å². The highest BCUT2D eigenvalue weighted by atomic mass is 16.5. The van der Waals surface area contributed by atoms with E-state index in [-0.39, 0.29) is 0 Å². The number of rotatable bonds is 2. The first kappa shape index (κ1) is 10.2. The summed E-state index contributed by atoms with van der Waals surface area (Å²) in [5.74, 6) is 0.925. The van der Waals surface area contributed by atoms with Gasteiger partial charge in [-0.25, -0.2) is 0 Å². The predicted octanol–water partition coefficient (Wildman–Crippen LogP) is 1.66. The molecule has 0 aliphatic heterocycles. The van der Waals surface area contributed by atoms with E-state index < -0.39 is 0 Å². The molecule has 0 saturated heterocycles. The first-order chi connectivity index (χ1) is 8.88. The minimum atomic E-state index is 0.417. The van der Waals surface area contributed by atoms with Crippen LogP contribution in [-0.4, -0.2) is 20.7 Å². The summed E-state index contributed by atoms with van der Waals surface area (Å²) in [7, 11) is 0. The summed E-state index contributed by atoms with van der Waals surface area (Å²) in [6, 6.07) is 7.22. The van der Waals surface area contributed by atoms with Gasteiger partial charge in [0.1, 0.15) is 0 Å². The maximum atomic E-state index is 9.06. The van der Waals surface area contributed by atoms with Crippen molar-refractivity contribution in [1.82, 2.24) is 20.7 Å². The summed E-state index contributed by atoms with van der Waals surface area (Å²) in [6.45, 7) is 0. The Hall–Kier alpha value is -3.01. The molecule has 18 heavy (non-hydrogen) atoms. The third-order valence-corrected chi connectivity index (χ3v) is 2.41. The predicted molar refractivity (Wildman–Crippen MR) is 57.7 cm³/mol. The lowest BCUT2D eigenvalue weighted by atomic mass is 10.0. The average molecular weight is 239 g/mol. The van der Waals surface area contributed by atoms with Gasteiger partial charge in [0.15, 0.2) is 11.5 Å². The zero-order valence-corrected chi connectivity index (χ0v) is 8.94. The molecule has 0 radical (unpaired) electrons. The van der Waals surface area contributed by atoms with Crippen molar-refractivity contribution in [1.29, 1.82) is 5.26 Å². The van der Waals surface area contributed by atoms with Gasteiger partial charge in [-0.05, 0) is 18.2 Å². The molecule has 7 nitrogen and oxygen atoms in total. The molecule has 0 unspecified atom stereocenters. The molecule has 1 aromatic carbocycles. The summed E-state index contributed by atoms with van der Waals surface area (Å²) in [5, 5.41) is 23.0. The molecule has 0 aliphatic carbocycles. The van der Waals surface area contributed by atoms with Gasteiger partial charge in [-0.3, -0.25) is 0 Å². The standard InChI is InChI=1S/C11H5N5O2/c12-4-8-2-1-7(10-5-13-15-17-10)3-9(8)11-6-14-16-18-11/h1-3,5-6H. The molecule has 3 rings (SSSR count). The quantitative estimate of drug-likeness (QED) is 0.669. The van der Waals surface area contributed by atoms with Gasteiger partial charge < -0.3 is 9.05 Å². The third kappa shape index (κ3) is 1.62. The van der Waals surface area contributed by atoms with Crippen LogP contribution in [0.15, 0.2) is 39.6 Å². The molecule has 7 heteroatoms. The molecule has 0 saturated carbocycles. The molecular formula is C11H5N5O2. The molecule has 0 aliphatic rings. The number of aromatic nitrogens is 4. The summed E-state index contributed by atoms with van der Waals surface area (Å²) in [4.78, 5) is 0. The van der Waals surface area contributed by atoms with Gasteiger partial charge in [-0.15, -0.1) is 10.2 Å². The van der Waals surface area contributed by atoms with Crippen molar-refractivity contribution in [3.05, 3.63) is 36.2 Å². The van der Waals surface area contributed by atoms with Crippen molar-refractivity contribution < 1.29 is 9.05 Å². The summed E-state index contributed by atoms with van der Waals surface area (Å²) in [5.41, 5.74) is 1.80. The molecule has 2 aromatic heterocycles. The van der Waals surface area contributed by atoms with Crippen LogP contribution in [0.5, 0.6) is 0 Å². The highest BCUT2D eigenvalue weighted by Gasteiger charge is 2.12. The molecule has 86 valence electrons. The highest BCUT2D eigenvalue weighted by Crippen LogP contribution is 2.28. The monoisotopic (exact) mass is 239 g/mol. The van der Waals surface area contributed by atoms with Gasteiger partial charge in [0.25, 0.3) is 0 Å². The first-order valence-electron chi connectivity index (χ1n) is 4.98. The van der Waals surface area contributed by atoms with E-state index in [0.717, 1.165) is 5.56 Å². The van der Waals surface area contributed by atoms with Crippen molar-refractivity contribution in [3.63, 3.8) is 0 Å². The van der Waals surface area contributed by atoms with E-state index in [4.69, 9.17) is 14.3 Å². The van der Waals surface area contributed by atoms with Crippen LogP contribution in [0.3, 0.4) is 0 Å². The van der Waals surface area contributed by atoms with Gasteiger partial charge in [0.2, 0.25) is 0 Å². The number of hydrogen-bond donors (Lipinski definition) is 0. The molecular weight excluding hydrogens is 234 g/mol. The zero-order chi connectivity index (χ0) is 12.4. The molecule has 3 aromatic rings. The van der Waals surface area contributed by atoms with E-state index in [2.05, 4.69) is 26.8 Å². The Bertz CT molecular complexity index is 698. The van der Waals surface area contributed by atoms with Crippen molar-refractivity contribution >= 4 is 0 Å². The first-order valence-corrected chi connectivity index (χ1v) is 4.98. The third-order valence-electron chi connectivity index (χ3n) is 2.41. The van der Waals surface area contributed by atoms with Crippen molar-refractivity contribution in [2.75, 3.05) is 0 Å². The van der Waals surface area contributed by atoms with Gasteiger partial charge >= 0.3 is 0 Å². The minimum Gasteiger partial charge on any atom is -0.337 e. The Morgan fingerprint density at radius 3 is 2.33 bits per heavy atom. The second-order valence-corrected chi connectivity index (χ2v) is 3.44. The highest BCUT2D eigenvalue weighted by molar-refractivity contribution is 5.72. The lowest BCUT2D eigenvalue weighted by Crippen LogP contribution is -1.84. The Labute approximate surface area is 101 Å². The minimum absolute atomic E-state index is 0.417. The van der Waals surface area contributed by atoms with Crippen LogP contribution < -0.4 is 0 Å². The van der Waals surface area contributed by atoms with E-state index in [9.17, 15) is 0 Å². The topological polar surface area (TPSA) is 102 Å². The molecule has 0 N–H and O–H groups in total. The Morgan fingerprint density at radius 1 is 1.00 bits per heavy atom. The fourth-order valence-corrected chi connectivity index (χ4v) is 1.58. The Morgan fingerprint density at radius 2 is 1.72 bits per heavy atom. The largest absolute Gasteiger partial charge is 0.337 e. The van der Waals surface area contributed by atoms with Crippen molar-refractivity contribution in [3.8, 4) is 28.7 Å². The van der Waals surface area contributed by atoms with E-state index in [1.54, 1.807) is 18.2 Å². The maximum Gasteiger partial charge on any atom is 0.188 e. The molecule has 0 amide bonds. The van der Waals surface area contributed by atoms with E-state index in [1.807, 2.05) is 0 Å². The Balaban J connectivity index is 2.17.